The SMILES string of the molecule is Cc1cc(C(=O)N2CC(C)OC(C)C2)nc(N2CCCCC2)n1. The summed E-state index contributed by atoms with van der Waals surface area (Å²) in [7, 11) is 0. The number of hydrogen-bond acceptors (Lipinski definition) is 5. The highest BCUT2D eigenvalue weighted by atomic mass is 16.5. The Hall–Kier alpha value is -1.69. The Morgan fingerprint density at radius 3 is 2.43 bits per heavy atom. The van der Waals surface area contributed by atoms with Crippen molar-refractivity contribution in [2.24, 2.45) is 0 Å². The van der Waals surface area contributed by atoms with Gasteiger partial charge in [0.2, 0.25) is 5.95 Å². The third kappa shape index (κ3) is 3.80. The molecule has 0 spiro atoms. The number of carbonyl (C=O) groups excluding carboxylic acids is 1. The van der Waals surface area contributed by atoms with Gasteiger partial charge < -0.3 is 14.5 Å². The van der Waals surface area contributed by atoms with Crippen LogP contribution in [0, 0.1) is 6.92 Å². The fourth-order valence-electron chi connectivity index (χ4n) is 3.40. The summed E-state index contributed by atoms with van der Waals surface area (Å²) < 4.78 is 5.71. The number of anilines is 1. The Morgan fingerprint density at radius 2 is 1.78 bits per heavy atom. The van der Waals surface area contributed by atoms with E-state index in [9.17, 15) is 4.79 Å². The molecule has 23 heavy (non-hydrogen) atoms. The lowest BCUT2D eigenvalue weighted by Gasteiger charge is -2.35. The maximum Gasteiger partial charge on any atom is 0.272 e. The molecule has 126 valence electrons. The summed E-state index contributed by atoms with van der Waals surface area (Å²) in [5.41, 5.74) is 1.35. The first-order chi connectivity index (χ1) is 11.0. The van der Waals surface area contributed by atoms with Crippen LogP contribution in [-0.4, -0.2) is 59.2 Å². The number of aromatic nitrogens is 2. The Morgan fingerprint density at radius 1 is 1.13 bits per heavy atom. The van der Waals surface area contributed by atoms with Crippen LogP contribution in [-0.2, 0) is 4.74 Å². The minimum atomic E-state index is -0.0178. The first kappa shape index (κ1) is 16.2. The number of nitrogens with zero attached hydrogens (tertiary/aromatic N) is 4. The number of morpholine rings is 1. The van der Waals surface area contributed by atoms with Gasteiger partial charge >= 0.3 is 0 Å². The van der Waals surface area contributed by atoms with Crippen LogP contribution in [0.3, 0.4) is 0 Å². The van der Waals surface area contributed by atoms with E-state index in [1.807, 2.05) is 25.7 Å². The van der Waals surface area contributed by atoms with E-state index in [1.54, 1.807) is 6.07 Å². The van der Waals surface area contributed by atoms with Gasteiger partial charge in [0.15, 0.2) is 0 Å². The molecule has 1 aromatic rings. The van der Waals surface area contributed by atoms with Crippen LogP contribution >= 0.6 is 0 Å². The van der Waals surface area contributed by atoms with E-state index in [0.717, 1.165) is 18.8 Å². The van der Waals surface area contributed by atoms with Crippen molar-refractivity contribution in [3.05, 3.63) is 17.5 Å². The Kier molecular flexibility index (Phi) is 4.80. The molecule has 0 aromatic carbocycles. The van der Waals surface area contributed by atoms with Crippen molar-refractivity contribution in [2.75, 3.05) is 31.1 Å². The highest BCUT2D eigenvalue weighted by molar-refractivity contribution is 5.92. The molecule has 2 aliphatic rings. The zero-order chi connectivity index (χ0) is 16.4. The van der Waals surface area contributed by atoms with Crippen molar-refractivity contribution >= 4 is 11.9 Å². The molecule has 0 N–H and O–H groups in total. The quantitative estimate of drug-likeness (QED) is 0.835. The first-order valence-corrected chi connectivity index (χ1v) is 8.58. The van der Waals surface area contributed by atoms with Gasteiger partial charge in [0.05, 0.1) is 12.2 Å². The van der Waals surface area contributed by atoms with Gasteiger partial charge in [-0.15, -0.1) is 0 Å². The van der Waals surface area contributed by atoms with Crippen LogP contribution in [0.5, 0.6) is 0 Å². The molecule has 2 unspecified atom stereocenters. The van der Waals surface area contributed by atoms with E-state index in [2.05, 4.69) is 14.9 Å². The summed E-state index contributed by atoms with van der Waals surface area (Å²) in [4.78, 5) is 26.0. The van der Waals surface area contributed by atoms with Crippen molar-refractivity contribution in [3.63, 3.8) is 0 Å². The Bertz CT molecular complexity index is 562. The predicted octanol–water partition coefficient (Wildman–Crippen LogP) is 2.02. The molecular formula is C17H26N4O2. The molecule has 0 saturated carbocycles. The number of ether oxygens (including phenoxy) is 1. The van der Waals surface area contributed by atoms with Crippen molar-refractivity contribution in [1.29, 1.82) is 0 Å². The standard InChI is InChI=1S/C17H26N4O2/c1-12-9-15(16(22)21-10-13(2)23-14(3)11-21)19-17(18-12)20-7-5-4-6-8-20/h9,13-14H,4-8,10-11H2,1-3H3. The summed E-state index contributed by atoms with van der Waals surface area (Å²) in [6, 6.07) is 1.79. The lowest BCUT2D eigenvalue weighted by molar-refractivity contribution is -0.0587. The van der Waals surface area contributed by atoms with Crippen LogP contribution in [0.25, 0.3) is 0 Å². The minimum absolute atomic E-state index is 0.0178. The Labute approximate surface area is 137 Å². The van der Waals surface area contributed by atoms with Gasteiger partial charge in [-0.3, -0.25) is 4.79 Å². The number of carbonyl (C=O) groups is 1. The summed E-state index contributed by atoms with van der Waals surface area (Å²) in [6.07, 6.45) is 3.72. The lowest BCUT2D eigenvalue weighted by atomic mass is 10.1. The van der Waals surface area contributed by atoms with E-state index in [4.69, 9.17) is 4.74 Å². The summed E-state index contributed by atoms with van der Waals surface area (Å²) in [5, 5.41) is 0. The molecule has 2 aliphatic heterocycles. The second-order valence-corrected chi connectivity index (χ2v) is 6.71. The van der Waals surface area contributed by atoms with Gasteiger partial charge in [0.25, 0.3) is 5.91 Å². The van der Waals surface area contributed by atoms with E-state index < -0.39 is 0 Å². The largest absolute Gasteiger partial charge is 0.372 e. The van der Waals surface area contributed by atoms with Crippen molar-refractivity contribution in [1.82, 2.24) is 14.9 Å². The van der Waals surface area contributed by atoms with Crippen molar-refractivity contribution < 1.29 is 9.53 Å². The van der Waals surface area contributed by atoms with Gasteiger partial charge in [-0.2, -0.15) is 0 Å². The molecule has 6 heteroatoms. The molecule has 1 aromatic heterocycles. The predicted molar refractivity (Wildman–Crippen MR) is 88.7 cm³/mol. The minimum Gasteiger partial charge on any atom is -0.372 e. The van der Waals surface area contributed by atoms with Crippen LogP contribution in [0.4, 0.5) is 5.95 Å². The normalized spacial score (nSPS) is 25.5. The molecule has 3 rings (SSSR count). The van der Waals surface area contributed by atoms with Crippen molar-refractivity contribution in [2.45, 2.75) is 52.2 Å². The van der Waals surface area contributed by atoms with Crippen LogP contribution in [0.15, 0.2) is 6.07 Å². The van der Waals surface area contributed by atoms with Gasteiger partial charge in [0, 0.05) is 31.9 Å². The molecule has 1 amide bonds. The molecule has 6 nitrogen and oxygen atoms in total. The highest BCUT2D eigenvalue weighted by Gasteiger charge is 2.28. The third-order valence-electron chi connectivity index (χ3n) is 4.41. The van der Waals surface area contributed by atoms with Gasteiger partial charge in [-0.05, 0) is 46.1 Å². The second-order valence-electron chi connectivity index (χ2n) is 6.71. The lowest BCUT2D eigenvalue weighted by Crippen LogP contribution is -2.48. The molecular weight excluding hydrogens is 292 g/mol. The average Bonchev–Trinajstić information content (AvgIpc) is 2.53. The number of piperidine rings is 1. The number of rotatable bonds is 2. The molecule has 2 fully saturated rings. The highest BCUT2D eigenvalue weighted by Crippen LogP contribution is 2.19. The molecule has 2 atom stereocenters. The zero-order valence-electron chi connectivity index (χ0n) is 14.3. The van der Waals surface area contributed by atoms with Gasteiger partial charge in [0.1, 0.15) is 5.69 Å². The smallest absolute Gasteiger partial charge is 0.272 e. The van der Waals surface area contributed by atoms with Crippen LogP contribution < -0.4 is 4.90 Å². The maximum atomic E-state index is 12.8. The number of amides is 1. The molecule has 0 bridgehead atoms. The van der Waals surface area contributed by atoms with Crippen molar-refractivity contribution in [3.8, 4) is 0 Å². The zero-order valence-corrected chi connectivity index (χ0v) is 14.3. The Balaban J connectivity index is 1.81. The summed E-state index contributed by atoms with van der Waals surface area (Å²) in [6.45, 7) is 9.11. The molecule has 0 aliphatic carbocycles. The summed E-state index contributed by atoms with van der Waals surface area (Å²) in [5.74, 6) is 0.679. The van der Waals surface area contributed by atoms with E-state index in [1.165, 1.54) is 19.3 Å². The topological polar surface area (TPSA) is 58.6 Å². The summed E-state index contributed by atoms with van der Waals surface area (Å²) >= 11 is 0. The van der Waals surface area contributed by atoms with Gasteiger partial charge in [-0.25, -0.2) is 9.97 Å². The first-order valence-electron chi connectivity index (χ1n) is 8.58. The van der Waals surface area contributed by atoms with Crippen LogP contribution in [0.2, 0.25) is 0 Å². The maximum absolute atomic E-state index is 12.8. The second kappa shape index (κ2) is 6.83. The van der Waals surface area contributed by atoms with E-state index in [0.29, 0.717) is 24.7 Å². The monoisotopic (exact) mass is 318 g/mol. The fourth-order valence-corrected chi connectivity index (χ4v) is 3.40. The molecule has 2 saturated heterocycles. The van der Waals surface area contributed by atoms with Crippen LogP contribution in [0.1, 0.15) is 49.3 Å². The van der Waals surface area contributed by atoms with Gasteiger partial charge in [-0.1, -0.05) is 0 Å². The number of aryl methyl sites for hydroxylation is 1. The third-order valence-corrected chi connectivity index (χ3v) is 4.41. The average molecular weight is 318 g/mol. The van der Waals surface area contributed by atoms with E-state index >= 15 is 0 Å². The molecule has 0 radical (unpaired) electrons. The fraction of sp³-hybridized carbons (Fsp3) is 0.706. The van der Waals surface area contributed by atoms with E-state index in [-0.39, 0.29) is 18.1 Å². The molecule has 3 heterocycles. The number of hydrogen-bond donors (Lipinski definition) is 0.